The molecule has 0 aliphatic rings. The van der Waals surface area contributed by atoms with E-state index in [9.17, 15) is 14.8 Å². The number of benzene rings is 1. The number of nitrogens with two attached hydrogens (primary N) is 1. The van der Waals surface area contributed by atoms with Crippen molar-refractivity contribution in [3.8, 4) is 0 Å². The van der Waals surface area contributed by atoms with Gasteiger partial charge in [0.05, 0.1) is 6.04 Å². The van der Waals surface area contributed by atoms with Gasteiger partial charge in [0.2, 0.25) is 0 Å². The van der Waals surface area contributed by atoms with Crippen molar-refractivity contribution in [2.75, 3.05) is 0 Å². The van der Waals surface area contributed by atoms with Crippen molar-refractivity contribution in [2.24, 2.45) is 11.7 Å². The van der Waals surface area contributed by atoms with Crippen molar-refractivity contribution in [3.63, 3.8) is 0 Å². The number of carbonyl (C=O) groups is 2. The summed E-state index contributed by atoms with van der Waals surface area (Å²) in [5.41, 5.74) is 6.08. The number of hydrogen-bond donors (Lipinski definition) is 2. The summed E-state index contributed by atoms with van der Waals surface area (Å²) in [5.74, 6) is -1.68. The fourth-order valence-corrected chi connectivity index (χ4v) is 2.28. The normalized spacial score (nSPS) is 14.2. The van der Waals surface area contributed by atoms with Gasteiger partial charge >= 0.3 is 5.97 Å². The number of esters is 1. The van der Waals surface area contributed by atoms with Crippen LogP contribution in [0.15, 0.2) is 30.3 Å². The van der Waals surface area contributed by atoms with Gasteiger partial charge in [0, 0.05) is 0 Å². The van der Waals surface area contributed by atoms with Gasteiger partial charge < -0.3 is 10.5 Å². The Bertz CT molecular complexity index is 552. The Morgan fingerprint density at radius 1 is 1.21 bits per heavy atom. The van der Waals surface area contributed by atoms with Crippen LogP contribution in [0.1, 0.15) is 40.2 Å². The third-order valence-corrected chi connectivity index (χ3v) is 3.38. The predicted octanol–water partition coefficient (Wildman–Crippen LogP) is 2.14. The highest BCUT2D eigenvalue weighted by Crippen LogP contribution is 2.17. The predicted molar refractivity (Wildman–Crippen MR) is 91.2 cm³/mol. The van der Waals surface area contributed by atoms with Crippen molar-refractivity contribution in [2.45, 2.75) is 58.7 Å². The van der Waals surface area contributed by atoms with Gasteiger partial charge in [0.1, 0.15) is 5.60 Å². The third-order valence-electron chi connectivity index (χ3n) is 3.38. The number of nitrogens with zero attached hydrogens (tertiary/aromatic N) is 1. The van der Waals surface area contributed by atoms with E-state index in [2.05, 4.69) is 0 Å². The molecule has 0 aromatic heterocycles. The van der Waals surface area contributed by atoms with Crippen LogP contribution in [0, 0.1) is 5.92 Å². The Kier molecular flexibility index (Phi) is 6.93. The lowest BCUT2D eigenvalue weighted by atomic mass is 10.0. The van der Waals surface area contributed by atoms with Crippen LogP contribution in [-0.2, 0) is 20.7 Å². The van der Waals surface area contributed by atoms with Gasteiger partial charge in [-0.2, -0.15) is 0 Å². The minimum Gasteiger partial charge on any atom is -0.458 e. The summed E-state index contributed by atoms with van der Waals surface area (Å²) in [5, 5.41) is 10.7. The summed E-state index contributed by atoms with van der Waals surface area (Å²) in [6.07, 6.45) is 0.274. The summed E-state index contributed by atoms with van der Waals surface area (Å²) in [6.45, 7) is 8.65. The van der Waals surface area contributed by atoms with Crippen molar-refractivity contribution >= 4 is 11.9 Å². The van der Waals surface area contributed by atoms with Gasteiger partial charge in [-0.15, -0.1) is 0 Å². The second-order valence-electron chi connectivity index (χ2n) is 7.20. The highest BCUT2D eigenvalue weighted by molar-refractivity contribution is 5.87. The molecule has 134 valence electrons. The van der Waals surface area contributed by atoms with E-state index in [1.807, 2.05) is 30.3 Å². The highest BCUT2D eigenvalue weighted by atomic mass is 16.6. The van der Waals surface area contributed by atoms with Crippen LogP contribution in [0.4, 0.5) is 0 Å². The first-order chi connectivity index (χ1) is 11.0. The molecule has 1 aromatic carbocycles. The number of ether oxygens (including phenoxy) is 1. The largest absolute Gasteiger partial charge is 0.458 e. The monoisotopic (exact) mass is 336 g/mol. The average molecular weight is 336 g/mol. The van der Waals surface area contributed by atoms with Crippen molar-refractivity contribution in [1.29, 1.82) is 0 Å². The first-order valence-electron chi connectivity index (χ1n) is 8.07. The molecule has 0 bridgehead atoms. The maximum atomic E-state index is 12.4. The number of amides is 1. The average Bonchev–Trinajstić information content (AvgIpc) is 2.45. The van der Waals surface area contributed by atoms with Gasteiger partial charge in [-0.3, -0.25) is 10.0 Å². The molecule has 1 rings (SSSR count). The third kappa shape index (κ3) is 5.94. The number of rotatable bonds is 6. The zero-order valence-electron chi connectivity index (χ0n) is 15.0. The van der Waals surface area contributed by atoms with E-state index < -0.39 is 29.6 Å². The van der Waals surface area contributed by atoms with E-state index >= 15 is 0 Å². The molecule has 6 nitrogen and oxygen atoms in total. The fourth-order valence-electron chi connectivity index (χ4n) is 2.28. The molecule has 0 spiro atoms. The topological polar surface area (TPSA) is 92.9 Å². The van der Waals surface area contributed by atoms with Crippen LogP contribution >= 0.6 is 0 Å². The van der Waals surface area contributed by atoms with Crippen LogP contribution in [0.5, 0.6) is 0 Å². The van der Waals surface area contributed by atoms with E-state index in [4.69, 9.17) is 10.5 Å². The van der Waals surface area contributed by atoms with Gasteiger partial charge in [-0.25, -0.2) is 9.86 Å². The molecule has 1 aromatic rings. The Labute approximate surface area is 143 Å². The molecule has 6 heteroatoms. The number of hydroxylamine groups is 2. The molecule has 0 radical (unpaired) electrons. The molecule has 0 saturated carbocycles. The maximum absolute atomic E-state index is 12.4. The number of carbonyl (C=O) groups excluding carboxylic acids is 2. The Balaban J connectivity index is 2.83. The minimum atomic E-state index is -1.10. The summed E-state index contributed by atoms with van der Waals surface area (Å²) < 4.78 is 5.30. The standard InChI is InChI=1S/C18H28N2O4/c1-12(2)15(17(22)24-18(3,4)5)20(23)16(21)14(19)11-13-9-7-6-8-10-13/h6-10,12,14-15,23H,11,19H2,1-5H3/t14-,15-/m0/s1. The first-order valence-corrected chi connectivity index (χ1v) is 8.07. The van der Waals surface area contributed by atoms with Crippen LogP contribution in [0.25, 0.3) is 0 Å². The molecule has 0 unspecified atom stereocenters. The van der Waals surface area contributed by atoms with Gasteiger partial charge in [0.15, 0.2) is 6.04 Å². The van der Waals surface area contributed by atoms with Crippen molar-refractivity contribution in [3.05, 3.63) is 35.9 Å². The summed E-state index contributed by atoms with van der Waals surface area (Å²) >= 11 is 0. The SMILES string of the molecule is CC(C)[C@@H](C(=O)OC(C)(C)C)N(O)C(=O)[C@@H](N)Cc1ccccc1. The quantitative estimate of drug-likeness (QED) is 0.472. The fraction of sp³-hybridized carbons (Fsp3) is 0.556. The molecule has 0 aliphatic carbocycles. The number of hydrogen-bond acceptors (Lipinski definition) is 5. The second kappa shape index (κ2) is 8.26. The lowest BCUT2D eigenvalue weighted by molar-refractivity contribution is -0.198. The first kappa shape index (κ1) is 20.1. The van der Waals surface area contributed by atoms with Crippen LogP contribution in [-0.4, -0.2) is 39.8 Å². The Morgan fingerprint density at radius 3 is 2.21 bits per heavy atom. The molecular weight excluding hydrogens is 308 g/mol. The van der Waals surface area contributed by atoms with Gasteiger partial charge in [-0.1, -0.05) is 44.2 Å². The Morgan fingerprint density at radius 2 is 1.75 bits per heavy atom. The summed E-state index contributed by atoms with van der Waals surface area (Å²) in [6, 6.07) is 7.22. The lowest BCUT2D eigenvalue weighted by Crippen LogP contribution is -2.53. The highest BCUT2D eigenvalue weighted by Gasteiger charge is 2.37. The molecule has 3 N–H and O–H groups in total. The van der Waals surface area contributed by atoms with Crippen LogP contribution < -0.4 is 5.73 Å². The zero-order chi connectivity index (χ0) is 18.5. The molecule has 0 aliphatic heterocycles. The smallest absolute Gasteiger partial charge is 0.332 e. The van der Waals surface area contributed by atoms with E-state index in [0.29, 0.717) is 5.06 Å². The van der Waals surface area contributed by atoms with Crippen LogP contribution in [0.3, 0.4) is 0 Å². The van der Waals surface area contributed by atoms with Gasteiger partial charge in [0.25, 0.3) is 5.91 Å². The zero-order valence-corrected chi connectivity index (χ0v) is 15.0. The van der Waals surface area contributed by atoms with E-state index in [0.717, 1.165) is 5.56 Å². The molecule has 0 fully saturated rings. The summed E-state index contributed by atoms with van der Waals surface area (Å²) in [7, 11) is 0. The second-order valence-corrected chi connectivity index (χ2v) is 7.20. The van der Waals surface area contributed by atoms with Crippen LogP contribution in [0.2, 0.25) is 0 Å². The molecular formula is C18H28N2O4. The van der Waals surface area contributed by atoms with Gasteiger partial charge in [-0.05, 0) is 38.7 Å². The van der Waals surface area contributed by atoms with E-state index in [-0.39, 0.29) is 12.3 Å². The van der Waals surface area contributed by atoms with Crippen molar-refractivity contribution < 1.29 is 19.5 Å². The maximum Gasteiger partial charge on any atom is 0.332 e. The summed E-state index contributed by atoms with van der Waals surface area (Å²) in [4.78, 5) is 24.7. The minimum absolute atomic E-state index is 0.274. The van der Waals surface area contributed by atoms with E-state index in [1.54, 1.807) is 34.6 Å². The molecule has 0 heterocycles. The molecule has 24 heavy (non-hydrogen) atoms. The Hall–Kier alpha value is -1.92. The molecule has 1 amide bonds. The lowest BCUT2D eigenvalue weighted by Gasteiger charge is -2.31. The van der Waals surface area contributed by atoms with Crippen molar-refractivity contribution in [1.82, 2.24) is 5.06 Å². The van der Waals surface area contributed by atoms with E-state index in [1.165, 1.54) is 0 Å². The molecule has 0 saturated heterocycles. The molecule has 2 atom stereocenters.